The maximum absolute atomic E-state index is 13.4. The van der Waals surface area contributed by atoms with E-state index in [4.69, 9.17) is 4.74 Å². The Hall–Kier alpha value is -1.16. The van der Waals surface area contributed by atoms with Gasteiger partial charge in [0, 0.05) is 13.5 Å². The number of carbonyl (C=O) groups is 2. The predicted molar refractivity (Wildman–Crippen MR) is 169 cm³/mol. The van der Waals surface area contributed by atoms with Crippen molar-refractivity contribution in [1.29, 1.82) is 0 Å². The lowest BCUT2D eigenvalue weighted by Gasteiger charge is -2.58. The van der Waals surface area contributed by atoms with Crippen LogP contribution in [0.4, 0.5) is 0 Å². The normalized spacial score (nSPS) is 36.2. The van der Waals surface area contributed by atoms with Gasteiger partial charge < -0.3 is 10.1 Å². The Morgan fingerprint density at radius 1 is 0.976 bits per heavy atom. The first-order valence-electron chi connectivity index (χ1n) is 17.4. The average molecular weight is 570 g/mol. The first kappa shape index (κ1) is 32.7. The molecule has 0 aromatic heterocycles. The first-order chi connectivity index (χ1) is 19.4. The molecule has 4 nitrogen and oxygen atoms in total. The van der Waals surface area contributed by atoms with Gasteiger partial charge >= 0.3 is 0 Å². The van der Waals surface area contributed by atoms with Crippen LogP contribution in [-0.2, 0) is 14.3 Å². The lowest BCUT2D eigenvalue weighted by Crippen LogP contribution is -2.50. The lowest BCUT2D eigenvalue weighted by atomic mass is 9.46. The number of carbonyl (C=O) groups excluding carboxylic acids is 2. The van der Waals surface area contributed by atoms with Gasteiger partial charge in [-0.2, -0.15) is 0 Å². The fourth-order valence-electron chi connectivity index (χ4n) is 10.5. The third-order valence-electron chi connectivity index (χ3n) is 12.6. The smallest absolute Gasteiger partial charge is 0.246 e. The fraction of sp³-hybridized carbons (Fsp3) is 0.892. The molecule has 3 saturated carbocycles. The standard InChI is InChI=1S/C37H63NO3/c1-24(2)10-9-11-26(5)30-14-15-31-29-13-12-28-21-27(16-18-36(28,6)32(29)17-19-37(30,31)7)22-34(39)33(20-25(3)4)38-35(40)23-41-8/h12,24-27,29-33H,9-11,13-23H2,1-8H3,(H,38,40)/t26-,27+,29+,30?,31+,32+,33?,36+,37-/m1/s1. The summed E-state index contributed by atoms with van der Waals surface area (Å²) in [6, 6.07) is -0.394. The summed E-state index contributed by atoms with van der Waals surface area (Å²) in [5.41, 5.74) is 2.50. The molecule has 3 fully saturated rings. The summed E-state index contributed by atoms with van der Waals surface area (Å²) in [6.45, 7) is 16.8. The summed E-state index contributed by atoms with van der Waals surface area (Å²) in [5, 5.41) is 2.96. The highest BCUT2D eigenvalue weighted by atomic mass is 16.5. The highest BCUT2D eigenvalue weighted by Gasteiger charge is 2.59. The third-order valence-corrected chi connectivity index (χ3v) is 12.6. The molecule has 0 aliphatic heterocycles. The number of rotatable bonds is 13. The maximum atomic E-state index is 13.4. The number of methoxy groups -OCH3 is 1. The Balaban J connectivity index is 1.40. The number of nitrogens with one attached hydrogen (secondary N) is 1. The predicted octanol–water partition coefficient (Wildman–Crippen LogP) is 8.78. The van der Waals surface area contributed by atoms with E-state index >= 15 is 0 Å². The largest absolute Gasteiger partial charge is 0.375 e. The van der Waals surface area contributed by atoms with Gasteiger partial charge in [-0.1, -0.05) is 79.4 Å². The third kappa shape index (κ3) is 7.15. The molecule has 4 aliphatic carbocycles. The number of fused-ring (bicyclic) bond motifs is 5. The second-order valence-electron chi connectivity index (χ2n) is 16.3. The topological polar surface area (TPSA) is 55.4 Å². The van der Waals surface area contributed by atoms with E-state index in [0.29, 0.717) is 35.5 Å². The number of ether oxygens (including phenoxy) is 1. The highest BCUT2D eigenvalue weighted by Crippen LogP contribution is 2.67. The molecule has 0 heterocycles. The minimum atomic E-state index is -0.394. The summed E-state index contributed by atoms with van der Waals surface area (Å²) >= 11 is 0. The van der Waals surface area contributed by atoms with Gasteiger partial charge in [-0.3, -0.25) is 9.59 Å². The SMILES string of the molecule is COCC(=O)NC(CC(C)C)C(=O)C[C@H]1CC[C@@]2(C)C(=CC[C@@H]3[C@@H]2CC[C@]2(C)C([C@H](C)CCCC(C)C)CC[C@@H]32)C1. The van der Waals surface area contributed by atoms with E-state index in [2.05, 4.69) is 59.9 Å². The van der Waals surface area contributed by atoms with Crippen LogP contribution in [-0.4, -0.2) is 31.4 Å². The van der Waals surface area contributed by atoms with Gasteiger partial charge in [0.25, 0.3) is 0 Å². The molecule has 1 amide bonds. The van der Waals surface area contributed by atoms with Crippen molar-refractivity contribution in [3.05, 3.63) is 11.6 Å². The second kappa shape index (κ2) is 13.6. The van der Waals surface area contributed by atoms with Crippen molar-refractivity contribution in [3.8, 4) is 0 Å². The van der Waals surface area contributed by atoms with Gasteiger partial charge in [0.1, 0.15) is 6.61 Å². The first-order valence-corrected chi connectivity index (χ1v) is 17.4. The van der Waals surface area contributed by atoms with Crippen molar-refractivity contribution in [2.45, 2.75) is 138 Å². The zero-order valence-corrected chi connectivity index (χ0v) is 27.9. The Morgan fingerprint density at radius 3 is 2.41 bits per heavy atom. The second-order valence-corrected chi connectivity index (χ2v) is 16.3. The van der Waals surface area contributed by atoms with Crippen LogP contribution in [0.15, 0.2) is 11.6 Å². The maximum Gasteiger partial charge on any atom is 0.246 e. The van der Waals surface area contributed by atoms with E-state index in [-0.39, 0.29) is 18.3 Å². The summed E-state index contributed by atoms with van der Waals surface area (Å²) < 4.78 is 4.99. The van der Waals surface area contributed by atoms with E-state index in [1.807, 2.05) is 0 Å². The summed E-state index contributed by atoms with van der Waals surface area (Å²) in [5.74, 6) is 5.92. The van der Waals surface area contributed by atoms with Crippen LogP contribution in [0.3, 0.4) is 0 Å². The van der Waals surface area contributed by atoms with Gasteiger partial charge in [0.05, 0.1) is 6.04 Å². The number of Topliss-reactive ketones (excluding diaryl/α,β-unsaturated/α-hetero) is 1. The zero-order valence-electron chi connectivity index (χ0n) is 27.9. The van der Waals surface area contributed by atoms with E-state index in [0.717, 1.165) is 48.3 Å². The van der Waals surface area contributed by atoms with Crippen molar-refractivity contribution < 1.29 is 14.3 Å². The van der Waals surface area contributed by atoms with Crippen molar-refractivity contribution in [1.82, 2.24) is 5.32 Å². The molecule has 41 heavy (non-hydrogen) atoms. The van der Waals surface area contributed by atoms with Crippen LogP contribution in [0.25, 0.3) is 0 Å². The number of ketones is 1. The van der Waals surface area contributed by atoms with E-state index in [1.165, 1.54) is 64.9 Å². The van der Waals surface area contributed by atoms with Gasteiger partial charge in [-0.25, -0.2) is 0 Å². The molecular formula is C37H63NO3. The molecule has 4 aliphatic rings. The molecule has 1 N–H and O–H groups in total. The molecule has 0 aromatic carbocycles. The quantitative estimate of drug-likeness (QED) is 0.226. The Kier molecular flexibility index (Phi) is 10.9. The minimum absolute atomic E-state index is 0.0108. The molecule has 0 saturated heterocycles. The van der Waals surface area contributed by atoms with Gasteiger partial charge in [-0.15, -0.1) is 0 Å². The van der Waals surface area contributed by atoms with Gasteiger partial charge in [0.15, 0.2) is 5.78 Å². The number of hydrogen-bond donors (Lipinski definition) is 1. The Bertz CT molecular complexity index is 938. The van der Waals surface area contributed by atoms with Crippen molar-refractivity contribution in [3.63, 3.8) is 0 Å². The number of allylic oxidation sites excluding steroid dienone is 2. The van der Waals surface area contributed by atoms with Crippen LogP contribution >= 0.6 is 0 Å². The average Bonchev–Trinajstić information content (AvgIpc) is 3.25. The lowest BCUT2D eigenvalue weighted by molar-refractivity contribution is -0.131. The van der Waals surface area contributed by atoms with Crippen LogP contribution in [0.1, 0.15) is 132 Å². The number of hydrogen-bond acceptors (Lipinski definition) is 3. The van der Waals surface area contributed by atoms with E-state index in [9.17, 15) is 9.59 Å². The summed E-state index contributed by atoms with van der Waals surface area (Å²) in [4.78, 5) is 25.7. The zero-order chi connectivity index (χ0) is 29.9. The van der Waals surface area contributed by atoms with Crippen molar-refractivity contribution >= 4 is 11.7 Å². The summed E-state index contributed by atoms with van der Waals surface area (Å²) in [7, 11) is 1.52. The Labute approximate surface area is 252 Å². The van der Waals surface area contributed by atoms with Gasteiger partial charge in [0.2, 0.25) is 5.91 Å². The van der Waals surface area contributed by atoms with Crippen LogP contribution in [0.5, 0.6) is 0 Å². The van der Waals surface area contributed by atoms with Crippen LogP contribution in [0, 0.1) is 58.2 Å². The molecule has 234 valence electrons. The van der Waals surface area contributed by atoms with Crippen molar-refractivity contribution in [2.75, 3.05) is 13.7 Å². The molecule has 4 rings (SSSR count). The monoisotopic (exact) mass is 569 g/mol. The minimum Gasteiger partial charge on any atom is -0.375 e. The Morgan fingerprint density at radius 2 is 1.73 bits per heavy atom. The fourth-order valence-corrected chi connectivity index (χ4v) is 10.5. The van der Waals surface area contributed by atoms with E-state index in [1.54, 1.807) is 5.57 Å². The van der Waals surface area contributed by atoms with Crippen LogP contribution in [0.2, 0.25) is 0 Å². The molecule has 2 unspecified atom stereocenters. The highest BCUT2D eigenvalue weighted by molar-refractivity contribution is 5.89. The molecule has 9 atom stereocenters. The van der Waals surface area contributed by atoms with Crippen molar-refractivity contribution in [2.24, 2.45) is 58.2 Å². The molecule has 0 aromatic rings. The molecule has 0 bridgehead atoms. The van der Waals surface area contributed by atoms with Crippen LogP contribution < -0.4 is 5.32 Å². The summed E-state index contributed by atoms with van der Waals surface area (Å²) in [6.07, 6.45) is 18.5. The molecule has 0 spiro atoms. The molecule has 4 heteroatoms. The molecule has 0 radical (unpaired) electrons. The van der Waals surface area contributed by atoms with Gasteiger partial charge in [-0.05, 0) is 116 Å². The molecular weight excluding hydrogens is 506 g/mol. The van der Waals surface area contributed by atoms with E-state index < -0.39 is 6.04 Å². The number of amides is 1.